The summed E-state index contributed by atoms with van der Waals surface area (Å²) in [5, 5.41) is 11.8. The summed E-state index contributed by atoms with van der Waals surface area (Å²) in [4.78, 5) is 25.0. The number of nitrogens with one attached hydrogen (secondary N) is 1. The molecule has 1 heterocycles. The number of hydrogen-bond donors (Lipinski definition) is 2. The number of amides is 2. The minimum Gasteiger partial charge on any atom is -0.478 e. The normalized spacial score (nSPS) is 17.4. The van der Waals surface area contributed by atoms with Crippen molar-refractivity contribution < 1.29 is 19.4 Å². The van der Waals surface area contributed by atoms with E-state index in [1.54, 1.807) is 24.0 Å². The number of nitrogens with zero attached hydrogens (tertiary/aromatic N) is 1. The van der Waals surface area contributed by atoms with Gasteiger partial charge in [-0.25, -0.2) is 9.59 Å². The van der Waals surface area contributed by atoms with Crippen molar-refractivity contribution in [1.29, 1.82) is 0 Å². The zero-order valence-electron chi connectivity index (χ0n) is 12.5. The number of anilines is 1. The van der Waals surface area contributed by atoms with Gasteiger partial charge in [-0.1, -0.05) is 0 Å². The second-order valence-corrected chi connectivity index (χ2v) is 5.78. The Morgan fingerprint density at radius 1 is 1.38 bits per heavy atom. The molecule has 114 valence electrons. The van der Waals surface area contributed by atoms with Crippen LogP contribution >= 0.6 is 0 Å². The van der Waals surface area contributed by atoms with Crippen molar-refractivity contribution >= 4 is 17.7 Å². The number of carboxylic acid groups (broad SMARTS) is 1. The molecule has 0 saturated carbocycles. The van der Waals surface area contributed by atoms with Crippen LogP contribution in [0.25, 0.3) is 0 Å². The van der Waals surface area contributed by atoms with Crippen LogP contribution in [0.5, 0.6) is 0 Å². The van der Waals surface area contributed by atoms with Crippen LogP contribution in [0.4, 0.5) is 10.5 Å². The van der Waals surface area contributed by atoms with Gasteiger partial charge in [0, 0.05) is 12.2 Å². The van der Waals surface area contributed by atoms with Crippen LogP contribution < -0.4 is 5.32 Å². The highest BCUT2D eigenvalue weighted by Crippen LogP contribution is 2.22. The van der Waals surface area contributed by atoms with E-state index in [9.17, 15) is 9.59 Å². The van der Waals surface area contributed by atoms with Gasteiger partial charge in [0.1, 0.15) is 0 Å². The van der Waals surface area contributed by atoms with E-state index in [0.717, 1.165) is 0 Å². The first-order chi connectivity index (χ1) is 9.81. The average Bonchev–Trinajstić information content (AvgIpc) is 2.40. The summed E-state index contributed by atoms with van der Waals surface area (Å²) in [6.07, 6.45) is 0. The van der Waals surface area contributed by atoms with Crippen LogP contribution in [-0.4, -0.2) is 47.3 Å². The number of carboxylic acids is 1. The lowest BCUT2D eigenvalue weighted by Crippen LogP contribution is -2.56. The lowest BCUT2D eigenvalue weighted by Gasteiger charge is -2.41. The molecular weight excluding hydrogens is 272 g/mol. The van der Waals surface area contributed by atoms with Crippen LogP contribution in [0, 0.1) is 6.92 Å². The molecule has 6 nitrogen and oxygen atoms in total. The van der Waals surface area contributed by atoms with Crippen molar-refractivity contribution in [3.8, 4) is 0 Å². The number of carbonyl (C=O) groups excluding carboxylic acids is 1. The van der Waals surface area contributed by atoms with Gasteiger partial charge in [0.25, 0.3) is 0 Å². The molecule has 1 aliphatic rings. The molecule has 1 fully saturated rings. The van der Waals surface area contributed by atoms with Gasteiger partial charge in [-0.15, -0.1) is 0 Å². The van der Waals surface area contributed by atoms with Gasteiger partial charge in [-0.3, -0.25) is 0 Å². The van der Waals surface area contributed by atoms with E-state index >= 15 is 0 Å². The van der Waals surface area contributed by atoms with Crippen LogP contribution in [0.2, 0.25) is 0 Å². The third-order valence-electron chi connectivity index (χ3n) is 3.61. The molecule has 2 amide bonds. The van der Waals surface area contributed by atoms with Gasteiger partial charge < -0.3 is 20.1 Å². The second-order valence-electron chi connectivity index (χ2n) is 5.78. The van der Waals surface area contributed by atoms with Gasteiger partial charge in [0.2, 0.25) is 0 Å². The van der Waals surface area contributed by atoms with Crippen molar-refractivity contribution in [3.05, 3.63) is 29.3 Å². The van der Waals surface area contributed by atoms with Gasteiger partial charge in [-0.2, -0.15) is 0 Å². The summed E-state index contributed by atoms with van der Waals surface area (Å²) in [5.74, 6) is -0.981. The number of hydrogen-bond acceptors (Lipinski definition) is 3. The maximum Gasteiger partial charge on any atom is 0.335 e. The number of benzene rings is 1. The zero-order valence-corrected chi connectivity index (χ0v) is 12.5. The Balaban J connectivity index is 2.14. The standard InChI is InChI=1S/C15H20N2O4/c1-10-8-11(13(18)19)4-5-12(10)16-14(20)17-6-7-21-9-15(17,2)3/h4-5,8H,6-7,9H2,1-3H3,(H,16,20)(H,18,19). The van der Waals surface area contributed by atoms with E-state index < -0.39 is 5.97 Å². The molecule has 0 atom stereocenters. The van der Waals surface area contributed by atoms with Gasteiger partial charge >= 0.3 is 12.0 Å². The Morgan fingerprint density at radius 2 is 2.10 bits per heavy atom. The first kappa shape index (κ1) is 15.3. The van der Waals surface area contributed by atoms with Crippen molar-refractivity contribution in [2.45, 2.75) is 26.3 Å². The van der Waals surface area contributed by atoms with Crippen molar-refractivity contribution in [2.24, 2.45) is 0 Å². The largest absolute Gasteiger partial charge is 0.478 e. The highest BCUT2D eigenvalue weighted by Gasteiger charge is 2.34. The Morgan fingerprint density at radius 3 is 2.67 bits per heavy atom. The maximum absolute atomic E-state index is 12.4. The molecule has 0 bridgehead atoms. The molecule has 0 aliphatic carbocycles. The highest BCUT2D eigenvalue weighted by molar-refractivity contribution is 5.93. The van der Waals surface area contributed by atoms with Gasteiger partial charge in [0.15, 0.2) is 0 Å². The van der Waals surface area contributed by atoms with Crippen molar-refractivity contribution in [1.82, 2.24) is 4.90 Å². The Hall–Kier alpha value is -2.08. The lowest BCUT2D eigenvalue weighted by atomic mass is 10.0. The molecular formula is C15H20N2O4. The van der Waals surface area contributed by atoms with Crippen molar-refractivity contribution in [3.63, 3.8) is 0 Å². The minimum atomic E-state index is -0.981. The Labute approximate surface area is 123 Å². The fraction of sp³-hybridized carbons (Fsp3) is 0.467. The summed E-state index contributed by atoms with van der Waals surface area (Å²) in [5.41, 5.74) is 1.18. The molecule has 1 saturated heterocycles. The number of ether oxygens (including phenoxy) is 1. The topological polar surface area (TPSA) is 78.9 Å². The highest BCUT2D eigenvalue weighted by atomic mass is 16.5. The predicted molar refractivity (Wildman–Crippen MR) is 78.8 cm³/mol. The third-order valence-corrected chi connectivity index (χ3v) is 3.61. The zero-order chi connectivity index (χ0) is 15.6. The molecule has 1 aromatic rings. The number of aryl methyl sites for hydroxylation is 1. The summed E-state index contributed by atoms with van der Waals surface area (Å²) in [7, 11) is 0. The van der Waals surface area contributed by atoms with Crippen LogP contribution in [-0.2, 0) is 4.74 Å². The monoisotopic (exact) mass is 292 g/mol. The SMILES string of the molecule is Cc1cc(C(=O)O)ccc1NC(=O)N1CCOCC1(C)C. The van der Waals surface area contributed by atoms with Crippen molar-refractivity contribution in [2.75, 3.05) is 25.1 Å². The fourth-order valence-electron chi connectivity index (χ4n) is 2.35. The molecule has 2 rings (SSSR count). The molecule has 1 aliphatic heterocycles. The van der Waals surface area contributed by atoms with Crippen LogP contribution in [0.15, 0.2) is 18.2 Å². The first-order valence-corrected chi connectivity index (χ1v) is 6.81. The summed E-state index contributed by atoms with van der Waals surface area (Å²) in [6, 6.07) is 4.44. The predicted octanol–water partition coefficient (Wildman–Crippen LogP) is 2.34. The number of urea groups is 1. The summed E-state index contributed by atoms with van der Waals surface area (Å²) < 4.78 is 5.39. The number of carbonyl (C=O) groups is 2. The van der Waals surface area contributed by atoms with Gasteiger partial charge in [-0.05, 0) is 44.5 Å². The van der Waals surface area contributed by atoms with E-state index in [4.69, 9.17) is 9.84 Å². The summed E-state index contributed by atoms with van der Waals surface area (Å²) >= 11 is 0. The maximum atomic E-state index is 12.4. The molecule has 1 aromatic carbocycles. The number of rotatable bonds is 2. The molecule has 0 unspecified atom stereocenters. The average molecular weight is 292 g/mol. The smallest absolute Gasteiger partial charge is 0.335 e. The van der Waals surface area contributed by atoms with E-state index in [2.05, 4.69) is 5.32 Å². The number of aromatic carboxylic acids is 1. The molecule has 0 radical (unpaired) electrons. The molecule has 6 heteroatoms. The van der Waals surface area contributed by atoms with Gasteiger partial charge in [0.05, 0.1) is 24.3 Å². The van der Waals surface area contributed by atoms with E-state index in [-0.39, 0.29) is 17.1 Å². The summed E-state index contributed by atoms with van der Waals surface area (Å²) in [6.45, 7) is 7.22. The number of morpholine rings is 1. The van der Waals surface area contributed by atoms with E-state index in [0.29, 0.717) is 31.0 Å². The Bertz CT molecular complexity index is 569. The van der Waals surface area contributed by atoms with E-state index in [1.807, 2.05) is 13.8 Å². The first-order valence-electron chi connectivity index (χ1n) is 6.81. The quantitative estimate of drug-likeness (QED) is 0.877. The molecule has 2 N–H and O–H groups in total. The van der Waals surface area contributed by atoms with Crippen LogP contribution in [0.1, 0.15) is 29.8 Å². The molecule has 0 aromatic heterocycles. The fourth-order valence-corrected chi connectivity index (χ4v) is 2.35. The molecule has 0 spiro atoms. The molecule has 21 heavy (non-hydrogen) atoms. The van der Waals surface area contributed by atoms with E-state index in [1.165, 1.54) is 6.07 Å². The third kappa shape index (κ3) is 3.33. The second kappa shape index (κ2) is 5.73. The Kier molecular flexibility index (Phi) is 4.18. The minimum absolute atomic E-state index is 0.200. The lowest BCUT2D eigenvalue weighted by molar-refractivity contribution is -0.0249. The van der Waals surface area contributed by atoms with Crippen LogP contribution in [0.3, 0.4) is 0 Å².